The fraction of sp³-hybridized carbons (Fsp3) is 0.357. The molecule has 6 nitrogen and oxygen atoms in total. The molecule has 2 rings (SSSR count). The summed E-state index contributed by atoms with van der Waals surface area (Å²) < 4.78 is 7.33. The Hall–Kier alpha value is -1.89. The summed E-state index contributed by atoms with van der Waals surface area (Å²) in [6.45, 7) is 1.40. The highest BCUT2D eigenvalue weighted by Crippen LogP contribution is 2.27. The largest absolute Gasteiger partial charge is 0.425 e. The topological polar surface area (TPSA) is 93.5 Å². The van der Waals surface area contributed by atoms with Crippen molar-refractivity contribution < 1.29 is 14.9 Å². The lowest BCUT2D eigenvalue weighted by Crippen LogP contribution is -2.20. The van der Waals surface area contributed by atoms with Gasteiger partial charge in [0, 0.05) is 0 Å². The van der Waals surface area contributed by atoms with Crippen LogP contribution in [0.25, 0.3) is 0 Å². The van der Waals surface area contributed by atoms with Crippen LogP contribution in [-0.4, -0.2) is 19.8 Å². The number of aliphatic hydroxyl groups excluding tert-OH is 2. The van der Waals surface area contributed by atoms with Gasteiger partial charge in [-0.1, -0.05) is 25.1 Å². The summed E-state index contributed by atoms with van der Waals surface area (Å²) in [6.07, 6.45) is 0.281. The van der Waals surface area contributed by atoms with Crippen LogP contribution in [0.4, 0.5) is 0 Å². The molecule has 4 N–H and O–H groups in total. The number of rotatable bonds is 6. The summed E-state index contributed by atoms with van der Waals surface area (Å²) in [5.74, 6) is 0.621. The summed E-state index contributed by atoms with van der Waals surface area (Å²) in [5, 5.41) is 18.8. The second-order valence-corrected chi connectivity index (χ2v) is 4.36. The van der Waals surface area contributed by atoms with E-state index in [9.17, 15) is 10.2 Å². The van der Waals surface area contributed by atoms with E-state index >= 15 is 0 Å². The van der Waals surface area contributed by atoms with E-state index in [0.717, 1.165) is 0 Å². The van der Waals surface area contributed by atoms with Gasteiger partial charge in [-0.25, -0.2) is 0 Å². The SMILES string of the molecule is CCC(N)n1c(Oc2ccccc2)nc(CO)c1CO. The first kappa shape index (κ1) is 14.5. The third-order valence-corrected chi connectivity index (χ3v) is 3.06. The molecule has 6 heteroatoms. The molecule has 0 saturated heterocycles. The Morgan fingerprint density at radius 1 is 1.25 bits per heavy atom. The minimum Gasteiger partial charge on any atom is -0.425 e. The van der Waals surface area contributed by atoms with E-state index in [-0.39, 0.29) is 25.4 Å². The molecule has 1 heterocycles. The summed E-state index contributed by atoms with van der Waals surface area (Å²) in [5.41, 5.74) is 6.90. The van der Waals surface area contributed by atoms with Crippen LogP contribution in [0.1, 0.15) is 30.9 Å². The standard InChI is InChI=1S/C14H19N3O3/c1-2-13(15)17-12(9-19)11(8-18)16-14(17)20-10-6-4-3-5-7-10/h3-7,13,18-19H,2,8-9,15H2,1H3. The number of hydrogen-bond acceptors (Lipinski definition) is 5. The minimum atomic E-state index is -0.372. The molecule has 1 atom stereocenters. The molecule has 0 aliphatic carbocycles. The summed E-state index contributed by atoms with van der Waals surface area (Å²) in [6, 6.07) is 9.46. The maximum absolute atomic E-state index is 9.47. The highest BCUT2D eigenvalue weighted by atomic mass is 16.5. The second kappa shape index (κ2) is 6.51. The Morgan fingerprint density at radius 3 is 2.50 bits per heavy atom. The highest BCUT2D eigenvalue weighted by Gasteiger charge is 2.21. The Bertz CT molecular complexity index is 554. The predicted octanol–water partition coefficient (Wildman–Crippen LogP) is 1.53. The first-order valence-electron chi connectivity index (χ1n) is 6.51. The van der Waals surface area contributed by atoms with Crippen molar-refractivity contribution in [2.24, 2.45) is 5.73 Å². The Kier molecular flexibility index (Phi) is 4.73. The number of aliphatic hydroxyl groups is 2. The van der Waals surface area contributed by atoms with Crippen molar-refractivity contribution in [2.45, 2.75) is 32.7 Å². The molecule has 1 unspecified atom stereocenters. The molecule has 0 spiro atoms. The van der Waals surface area contributed by atoms with Crippen molar-refractivity contribution in [3.8, 4) is 11.8 Å². The minimum absolute atomic E-state index is 0.255. The third kappa shape index (κ3) is 2.82. The van der Waals surface area contributed by atoms with Gasteiger partial charge in [0.1, 0.15) is 5.75 Å². The number of ether oxygens (including phenoxy) is 1. The van der Waals surface area contributed by atoms with Gasteiger partial charge in [-0.3, -0.25) is 4.57 Å². The molecule has 0 amide bonds. The van der Waals surface area contributed by atoms with E-state index in [0.29, 0.717) is 23.6 Å². The van der Waals surface area contributed by atoms with Gasteiger partial charge in [-0.05, 0) is 18.6 Å². The van der Waals surface area contributed by atoms with E-state index in [1.54, 1.807) is 16.7 Å². The van der Waals surface area contributed by atoms with Crippen LogP contribution < -0.4 is 10.5 Å². The van der Waals surface area contributed by atoms with E-state index in [1.165, 1.54) is 0 Å². The molecule has 0 aliphatic heterocycles. The first-order chi connectivity index (χ1) is 9.71. The number of benzene rings is 1. The second-order valence-electron chi connectivity index (χ2n) is 4.36. The summed E-state index contributed by atoms with van der Waals surface area (Å²) >= 11 is 0. The van der Waals surface area contributed by atoms with Gasteiger partial charge in [-0.2, -0.15) is 4.98 Å². The highest BCUT2D eigenvalue weighted by molar-refractivity contribution is 5.28. The average Bonchev–Trinajstić information content (AvgIpc) is 2.84. The van der Waals surface area contributed by atoms with Crippen molar-refractivity contribution in [1.29, 1.82) is 0 Å². The molecule has 0 fully saturated rings. The lowest BCUT2D eigenvalue weighted by Gasteiger charge is -2.17. The van der Waals surface area contributed by atoms with Crippen LogP contribution in [0.2, 0.25) is 0 Å². The molecule has 1 aromatic heterocycles. The van der Waals surface area contributed by atoms with Crippen molar-refractivity contribution in [3.63, 3.8) is 0 Å². The molecule has 2 aromatic rings. The van der Waals surface area contributed by atoms with E-state index in [1.807, 2.05) is 25.1 Å². The molecule has 0 bridgehead atoms. The van der Waals surface area contributed by atoms with Crippen molar-refractivity contribution in [1.82, 2.24) is 9.55 Å². The third-order valence-electron chi connectivity index (χ3n) is 3.06. The van der Waals surface area contributed by atoms with Crippen LogP contribution in [0.3, 0.4) is 0 Å². The molecule has 20 heavy (non-hydrogen) atoms. The smallest absolute Gasteiger partial charge is 0.303 e. The zero-order chi connectivity index (χ0) is 14.5. The molecular weight excluding hydrogens is 258 g/mol. The van der Waals surface area contributed by atoms with Gasteiger partial charge in [0.2, 0.25) is 0 Å². The maximum Gasteiger partial charge on any atom is 0.303 e. The molecule has 0 aliphatic rings. The molecule has 0 saturated carbocycles. The quantitative estimate of drug-likeness (QED) is 0.744. The number of nitrogens with two attached hydrogens (primary N) is 1. The van der Waals surface area contributed by atoms with Gasteiger partial charge in [0.15, 0.2) is 0 Å². The van der Waals surface area contributed by atoms with Gasteiger partial charge < -0.3 is 20.7 Å². The zero-order valence-electron chi connectivity index (χ0n) is 11.4. The Balaban J connectivity index is 2.43. The van der Waals surface area contributed by atoms with Gasteiger partial charge in [0.25, 0.3) is 0 Å². The number of para-hydroxylation sites is 1. The molecule has 1 aromatic carbocycles. The molecular formula is C14H19N3O3. The molecule has 108 valence electrons. The van der Waals surface area contributed by atoms with E-state index in [2.05, 4.69) is 4.98 Å². The number of hydrogen-bond donors (Lipinski definition) is 3. The van der Waals surface area contributed by atoms with Crippen molar-refractivity contribution in [3.05, 3.63) is 41.7 Å². The lowest BCUT2D eigenvalue weighted by molar-refractivity contribution is 0.245. The number of aromatic nitrogens is 2. The van der Waals surface area contributed by atoms with Crippen molar-refractivity contribution in [2.75, 3.05) is 0 Å². The van der Waals surface area contributed by atoms with Crippen LogP contribution in [-0.2, 0) is 13.2 Å². The Morgan fingerprint density at radius 2 is 1.95 bits per heavy atom. The predicted molar refractivity (Wildman–Crippen MR) is 74.1 cm³/mol. The number of imidazole rings is 1. The van der Waals surface area contributed by atoms with Crippen LogP contribution in [0.5, 0.6) is 11.8 Å². The van der Waals surface area contributed by atoms with E-state index in [4.69, 9.17) is 10.5 Å². The first-order valence-corrected chi connectivity index (χ1v) is 6.51. The number of nitrogens with zero attached hydrogens (tertiary/aromatic N) is 2. The van der Waals surface area contributed by atoms with Crippen LogP contribution in [0, 0.1) is 0 Å². The van der Waals surface area contributed by atoms with Gasteiger partial charge in [-0.15, -0.1) is 0 Å². The molecule has 0 radical (unpaired) electrons. The fourth-order valence-corrected chi connectivity index (χ4v) is 1.97. The normalized spacial score (nSPS) is 12.4. The summed E-state index contributed by atoms with van der Waals surface area (Å²) in [7, 11) is 0. The van der Waals surface area contributed by atoms with Gasteiger partial charge in [0.05, 0.1) is 30.8 Å². The van der Waals surface area contributed by atoms with Gasteiger partial charge >= 0.3 is 6.01 Å². The fourth-order valence-electron chi connectivity index (χ4n) is 1.97. The zero-order valence-corrected chi connectivity index (χ0v) is 11.4. The van der Waals surface area contributed by atoms with Crippen LogP contribution >= 0.6 is 0 Å². The summed E-state index contributed by atoms with van der Waals surface area (Å²) in [4.78, 5) is 4.21. The van der Waals surface area contributed by atoms with E-state index < -0.39 is 0 Å². The average molecular weight is 277 g/mol. The van der Waals surface area contributed by atoms with Crippen LogP contribution in [0.15, 0.2) is 30.3 Å². The maximum atomic E-state index is 9.47. The lowest BCUT2D eigenvalue weighted by atomic mass is 10.3. The monoisotopic (exact) mass is 277 g/mol. The Labute approximate surface area is 117 Å². The van der Waals surface area contributed by atoms with Crippen molar-refractivity contribution >= 4 is 0 Å².